The smallest absolute Gasteiger partial charge is 0.232 e. The third-order valence-electron chi connectivity index (χ3n) is 6.90. The van der Waals surface area contributed by atoms with Crippen LogP contribution < -0.4 is 4.74 Å². The van der Waals surface area contributed by atoms with Gasteiger partial charge in [-0.15, -0.1) is 0 Å². The van der Waals surface area contributed by atoms with Crippen LogP contribution in [0.1, 0.15) is 67.2 Å². The van der Waals surface area contributed by atoms with Gasteiger partial charge in [0.15, 0.2) is 0 Å². The lowest BCUT2D eigenvalue weighted by atomic mass is 10.1. The Bertz CT molecular complexity index is 990. The molecule has 3 heterocycles. The molecule has 0 saturated carbocycles. The third kappa shape index (κ3) is 7.39. The molecule has 0 amide bonds. The number of nitrogens with zero attached hydrogens (tertiary/aromatic N) is 4. The van der Waals surface area contributed by atoms with Gasteiger partial charge in [-0.3, -0.25) is 0 Å². The number of aromatic nitrogens is 1. The van der Waals surface area contributed by atoms with Gasteiger partial charge in [0, 0.05) is 49.5 Å². The Kier molecular flexibility index (Phi) is 10.5. The molecule has 2 unspecified atom stereocenters. The maximum absolute atomic E-state index is 6.29. The minimum absolute atomic E-state index is 0.277. The van der Waals surface area contributed by atoms with Gasteiger partial charge in [-0.25, -0.2) is 4.98 Å². The SMILES string of the molecule is C=C(C)/C(=C\C(=C(C)C)N1CCCC1COc1ncccc1Cl)N(C=C(C)C)C1CCN(CCC)C1. The number of pyridine rings is 1. The molecular formula is C30H45ClN4O. The van der Waals surface area contributed by atoms with Crippen LogP contribution in [0, 0.1) is 0 Å². The lowest BCUT2D eigenvalue weighted by Gasteiger charge is -2.34. The standard InChI is InChI=1S/C30H45ClN4O/c1-8-15-33-17-13-25(20-33)35(19-22(2)3)29(24(6)7)18-28(23(4)5)34-16-10-11-26(34)21-36-30-27(31)12-9-14-32-30/h9,12,14,18-19,25-26H,6,8,10-11,13,15-17,20-21H2,1-5,7H3/b29-18+. The van der Waals surface area contributed by atoms with E-state index < -0.39 is 0 Å². The number of hydrogen-bond donors (Lipinski definition) is 0. The molecule has 2 saturated heterocycles. The van der Waals surface area contributed by atoms with Crippen LogP contribution in [0.4, 0.5) is 0 Å². The van der Waals surface area contributed by atoms with E-state index in [0.29, 0.717) is 23.6 Å². The lowest BCUT2D eigenvalue weighted by Crippen LogP contribution is -2.36. The van der Waals surface area contributed by atoms with E-state index in [2.05, 4.69) is 80.1 Å². The number of hydrogen-bond acceptors (Lipinski definition) is 5. The van der Waals surface area contributed by atoms with Gasteiger partial charge in [0.1, 0.15) is 11.6 Å². The molecule has 0 radical (unpaired) electrons. The van der Waals surface area contributed by atoms with Crippen molar-refractivity contribution in [1.82, 2.24) is 19.7 Å². The quantitative estimate of drug-likeness (QED) is 0.297. The van der Waals surface area contributed by atoms with Crippen molar-refractivity contribution in [2.45, 2.75) is 79.3 Å². The fraction of sp³-hybridized carbons (Fsp3) is 0.567. The molecule has 3 rings (SSSR count). The normalized spacial score (nSPS) is 20.4. The molecule has 0 bridgehead atoms. The van der Waals surface area contributed by atoms with Crippen LogP contribution in [-0.4, -0.2) is 64.6 Å². The van der Waals surface area contributed by atoms with Crippen molar-refractivity contribution in [2.75, 3.05) is 32.8 Å². The van der Waals surface area contributed by atoms with Gasteiger partial charge in [0.25, 0.3) is 0 Å². The summed E-state index contributed by atoms with van der Waals surface area (Å²) in [5, 5.41) is 0.556. The molecule has 2 aliphatic rings. The predicted octanol–water partition coefficient (Wildman–Crippen LogP) is 7.04. The van der Waals surface area contributed by atoms with E-state index in [1.807, 2.05) is 12.1 Å². The van der Waals surface area contributed by atoms with Crippen molar-refractivity contribution in [3.8, 4) is 5.88 Å². The number of halogens is 1. The fourth-order valence-corrected chi connectivity index (χ4v) is 5.43. The molecule has 2 aliphatic heterocycles. The zero-order chi connectivity index (χ0) is 26.2. The minimum Gasteiger partial charge on any atom is -0.474 e. The van der Waals surface area contributed by atoms with E-state index in [-0.39, 0.29) is 6.04 Å². The van der Waals surface area contributed by atoms with Crippen molar-refractivity contribution in [2.24, 2.45) is 0 Å². The monoisotopic (exact) mass is 512 g/mol. The number of ether oxygens (including phenoxy) is 1. The van der Waals surface area contributed by atoms with Gasteiger partial charge in [0.2, 0.25) is 5.88 Å². The van der Waals surface area contributed by atoms with E-state index in [1.165, 1.54) is 41.9 Å². The molecule has 0 spiro atoms. The van der Waals surface area contributed by atoms with Crippen LogP contribution in [0.15, 0.2) is 65.3 Å². The topological polar surface area (TPSA) is 31.8 Å². The molecule has 1 aromatic heterocycles. The van der Waals surface area contributed by atoms with E-state index in [0.717, 1.165) is 38.0 Å². The number of likely N-dealkylation sites (tertiary alicyclic amines) is 2. The van der Waals surface area contributed by atoms with Crippen molar-refractivity contribution in [1.29, 1.82) is 0 Å². The summed E-state index contributed by atoms with van der Waals surface area (Å²) in [5.74, 6) is 0.510. The van der Waals surface area contributed by atoms with Crippen molar-refractivity contribution in [3.63, 3.8) is 0 Å². The van der Waals surface area contributed by atoms with Crippen molar-refractivity contribution >= 4 is 11.6 Å². The van der Waals surface area contributed by atoms with Gasteiger partial charge in [-0.05, 0) is 90.6 Å². The third-order valence-corrected chi connectivity index (χ3v) is 7.19. The molecule has 1 aromatic rings. The van der Waals surface area contributed by atoms with Crippen LogP contribution in [0.2, 0.25) is 5.02 Å². The van der Waals surface area contributed by atoms with Gasteiger partial charge in [-0.2, -0.15) is 0 Å². The Hall–Kier alpha value is -2.24. The summed E-state index contributed by atoms with van der Waals surface area (Å²) in [6, 6.07) is 4.38. The summed E-state index contributed by atoms with van der Waals surface area (Å²) >= 11 is 6.29. The highest BCUT2D eigenvalue weighted by Crippen LogP contribution is 2.31. The second-order valence-electron chi connectivity index (χ2n) is 10.6. The zero-order valence-corrected chi connectivity index (χ0v) is 23.9. The first-order chi connectivity index (χ1) is 17.2. The Morgan fingerprint density at radius 3 is 2.64 bits per heavy atom. The van der Waals surface area contributed by atoms with Gasteiger partial charge < -0.3 is 19.4 Å². The van der Waals surface area contributed by atoms with Crippen molar-refractivity contribution < 1.29 is 4.74 Å². The van der Waals surface area contributed by atoms with Gasteiger partial charge in [-0.1, -0.05) is 36.2 Å². The van der Waals surface area contributed by atoms with Crippen LogP contribution in [0.3, 0.4) is 0 Å². The number of allylic oxidation sites excluding steroid dienone is 4. The first-order valence-corrected chi connectivity index (χ1v) is 13.8. The van der Waals surface area contributed by atoms with Gasteiger partial charge >= 0.3 is 0 Å². The maximum Gasteiger partial charge on any atom is 0.232 e. The molecule has 198 valence electrons. The molecule has 2 atom stereocenters. The molecule has 0 aromatic carbocycles. The molecule has 36 heavy (non-hydrogen) atoms. The first kappa shape index (κ1) is 28.3. The summed E-state index contributed by atoms with van der Waals surface area (Å²) in [6.07, 6.45) is 11.0. The summed E-state index contributed by atoms with van der Waals surface area (Å²) in [7, 11) is 0. The van der Waals surface area contributed by atoms with Crippen LogP contribution in [0.25, 0.3) is 0 Å². The summed E-state index contributed by atoms with van der Waals surface area (Å²) < 4.78 is 6.08. The highest BCUT2D eigenvalue weighted by molar-refractivity contribution is 6.31. The predicted molar refractivity (Wildman–Crippen MR) is 152 cm³/mol. The maximum atomic E-state index is 6.29. The highest BCUT2D eigenvalue weighted by atomic mass is 35.5. The molecule has 2 fully saturated rings. The zero-order valence-electron chi connectivity index (χ0n) is 23.2. The second-order valence-corrected chi connectivity index (χ2v) is 11.1. The molecule has 0 aliphatic carbocycles. The Labute approximate surface area is 224 Å². The molecule has 5 nitrogen and oxygen atoms in total. The van der Waals surface area contributed by atoms with Gasteiger partial charge in [0.05, 0.1) is 6.04 Å². The molecular weight excluding hydrogens is 468 g/mol. The van der Waals surface area contributed by atoms with Crippen LogP contribution in [-0.2, 0) is 0 Å². The average molecular weight is 513 g/mol. The Balaban J connectivity index is 1.88. The Morgan fingerprint density at radius 2 is 2.00 bits per heavy atom. The van der Waals surface area contributed by atoms with E-state index >= 15 is 0 Å². The summed E-state index contributed by atoms with van der Waals surface area (Å²) in [5.41, 5.74) is 6.16. The lowest BCUT2D eigenvalue weighted by molar-refractivity contribution is 0.200. The first-order valence-electron chi connectivity index (χ1n) is 13.4. The summed E-state index contributed by atoms with van der Waals surface area (Å²) in [4.78, 5) is 11.9. The van der Waals surface area contributed by atoms with Crippen LogP contribution in [0.5, 0.6) is 5.88 Å². The second kappa shape index (κ2) is 13.3. The average Bonchev–Trinajstić information content (AvgIpc) is 3.47. The highest BCUT2D eigenvalue weighted by Gasteiger charge is 2.30. The Morgan fingerprint density at radius 1 is 1.22 bits per heavy atom. The van der Waals surface area contributed by atoms with E-state index in [4.69, 9.17) is 16.3 Å². The summed E-state index contributed by atoms with van der Waals surface area (Å²) in [6.45, 7) is 22.6. The largest absolute Gasteiger partial charge is 0.474 e. The number of rotatable bonds is 11. The molecule has 6 heteroatoms. The fourth-order valence-electron chi connectivity index (χ4n) is 5.25. The van der Waals surface area contributed by atoms with Crippen LogP contribution >= 0.6 is 11.6 Å². The van der Waals surface area contributed by atoms with Crippen molar-refractivity contribution in [3.05, 3.63) is 70.3 Å². The van der Waals surface area contributed by atoms with E-state index in [9.17, 15) is 0 Å². The van der Waals surface area contributed by atoms with E-state index in [1.54, 1.807) is 6.20 Å². The minimum atomic E-state index is 0.277. The molecule has 0 N–H and O–H groups in total.